The summed E-state index contributed by atoms with van der Waals surface area (Å²) in [5.74, 6) is 1.26. The SMILES string of the molecule is COc1ccc(NC(=O)c2cccc(Oc3ccccn3)c2)cc1Cl. The van der Waals surface area contributed by atoms with Gasteiger partial charge in [0.05, 0.1) is 12.1 Å². The van der Waals surface area contributed by atoms with E-state index in [1.54, 1.807) is 60.8 Å². The summed E-state index contributed by atoms with van der Waals surface area (Å²) in [6, 6.07) is 17.3. The van der Waals surface area contributed by atoms with Gasteiger partial charge < -0.3 is 14.8 Å². The van der Waals surface area contributed by atoms with E-state index in [0.717, 1.165) is 0 Å². The maximum absolute atomic E-state index is 12.4. The first-order valence-electron chi connectivity index (χ1n) is 7.49. The van der Waals surface area contributed by atoms with Gasteiger partial charge in [-0.2, -0.15) is 0 Å². The van der Waals surface area contributed by atoms with Crippen LogP contribution in [0.15, 0.2) is 66.9 Å². The highest BCUT2D eigenvalue weighted by atomic mass is 35.5. The molecule has 1 amide bonds. The average molecular weight is 355 g/mol. The fraction of sp³-hybridized carbons (Fsp3) is 0.0526. The third-order valence-corrected chi connectivity index (χ3v) is 3.66. The van der Waals surface area contributed by atoms with Gasteiger partial charge in [-0.1, -0.05) is 23.7 Å². The van der Waals surface area contributed by atoms with E-state index in [1.165, 1.54) is 7.11 Å². The second kappa shape index (κ2) is 7.68. The van der Waals surface area contributed by atoms with Crippen LogP contribution in [0.3, 0.4) is 0 Å². The number of benzene rings is 2. The molecule has 0 fully saturated rings. The molecular formula is C19H15ClN2O3. The molecule has 1 N–H and O–H groups in total. The summed E-state index contributed by atoms with van der Waals surface area (Å²) in [5, 5.41) is 3.21. The molecule has 3 aromatic rings. The van der Waals surface area contributed by atoms with Crippen LogP contribution in [0, 0.1) is 0 Å². The van der Waals surface area contributed by atoms with Gasteiger partial charge in [-0.05, 0) is 42.5 Å². The van der Waals surface area contributed by atoms with Crippen molar-refractivity contribution in [1.82, 2.24) is 4.98 Å². The molecule has 0 bridgehead atoms. The highest BCUT2D eigenvalue weighted by Crippen LogP contribution is 2.27. The lowest BCUT2D eigenvalue weighted by Crippen LogP contribution is -2.11. The van der Waals surface area contributed by atoms with Crippen molar-refractivity contribution in [1.29, 1.82) is 0 Å². The zero-order chi connectivity index (χ0) is 17.6. The van der Waals surface area contributed by atoms with Crippen molar-refractivity contribution in [2.24, 2.45) is 0 Å². The smallest absolute Gasteiger partial charge is 0.255 e. The fourth-order valence-corrected chi connectivity index (χ4v) is 2.43. The van der Waals surface area contributed by atoms with Crippen LogP contribution in [-0.4, -0.2) is 18.0 Å². The topological polar surface area (TPSA) is 60.5 Å². The van der Waals surface area contributed by atoms with Crippen LogP contribution in [-0.2, 0) is 0 Å². The second-order valence-electron chi connectivity index (χ2n) is 5.10. The normalized spacial score (nSPS) is 10.2. The Labute approximate surface area is 150 Å². The minimum Gasteiger partial charge on any atom is -0.495 e. The van der Waals surface area contributed by atoms with Crippen LogP contribution >= 0.6 is 11.6 Å². The van der Waals surface area contributed by atoms with Crippen LogP contribution in [0.25, 0.3) is 0 Å². The quantitative estimate of drug-likeness (QED) is 0.715. The number of carbonyl (C=O) groups is 1. The fourth-order valence-electron chi connectivity index (χ4n) is 2.18. The summed E-state index contributed by atoms with van der Waals surface area (Å²) in [4.78, 5) is 16.5. The van der Waals surface area contributed by atoms with Gasteiger partial charge >= 0.3 is 0 Å². The summed E-state index contributed by atoms with van der Waals surface area (Å²) >= 11 is 6.07. The van der Waals surface area contributed by atoms with Crippen molar-refractivity contribution < 1.29 is 14.3 Å². The van der Waals surface area contributed by atoms with Gasteiger partial charge in [-0.3, -0.25) is 4.79 Å². The Hall–Kier alpha value is -3.05. The van der Waals surface area contributed by atoms with Crippen LogP contribution in [0.5, 0.6) is 17.4 Å². The van der Waals surface area contributed by atoms with Gasteiger partial charge in [-0.15, -0.1) is 0 Å². The predicted octanol–water partition coefficient (Wildman–Crippen LogP) is 4.79. The van der Waals surface area contributed by atoms with E-state index in [2.05, 4.69) is 10.3 Å². The van der Waals surface area contributed by atoms with Gasteiger partial charge in [0, 0.05) is 23.5 Å². The number of aromatic nitrogens is 1. The molecule has 0 saturated carbocycles. The summed E-state index contributed by atoms with van der Waals surface area (Å²) in [6.07, 6.45) is 1.64. The Bertz CT molecular complexity index is 885. The Kier molecular flexibility index (Phi) is 5.16. The van der Waals surface area contributed by atoms with Gasteiger partial charge in [0.25, 0.3) is 5.91 Å². The second-order valence-corrected chi connectivity index (χ2v) is 5.51. The number of pyridine rings is 1. The van der Waals surface area contributed by atoms with E-state index in [-0.39, 0.29) is 5.91 Å². The van der Waals surface area contributed by atoms with E-state index in [1.807, 2.05) is 6.07 Å². The average Bonchev–Trinajstić information content (AvgIpc) is 2.63. The molecular weight excluding hydrogens is 340 g/mol. The van der Waals surface area contributed by atoms with Crippen molar-refractivity contribution in [3.05, 3.63) is 77.4 Å². The number of ether oxygens (including phenoxy) is 2. The molecule has 0 radical (unpaired) electrons. The first-order chi connectivity index (χ1) is 12.2. The number of nitrogens with zero attached hydrogens (tertiary/aromatic N) is 1. The lowest BCUT2D eigenvalue weighted by Gasteiger charge is -2.09. The number of halogens is 1. The summed E-state index contributed by atoms with van der Waals surface area (Å²) < 4.78 is 10.7. The van der Waals surface area contributed by atoms with Gasteiger partial charge in [0.2, 0.25) is 5.88 Å². The summed E-state index contributed by atoms with van der Waals surface area (Å²) in [7, 11) is 1.53. The molecule has 3 rings (SSSR count). The molecule has 0 saturated heterocycles. The summed E-state index contributed by atoms with van der Waals surface area (Å²) in [6.45, 7) is 0. The van der Waals surface area contributed by atoms with Crippen molar-refractivity contribution in [2.45, 2.75) is 0 Å². The number of amides is 1. The maximum Gasteiger partial charge on any atom is 0.255 e. The Morgan fingerprint density at radius 1 is 1.08 bits per heavy atom. The zero-order valence-corrected chi connectivity index (χ0v) is 14.2. The van der Waals surface area contributed by atoms with Crippen LogP contribution in [0.4, 0.5) is 5.69 Å². The number of rotatable bonds is 5. The molecule has 0 aliphatic heterocycles. The predicted molar refractivity (Wildman–Crippen MR) is 96.7 cm³/mol. The van der Waals surface area contributed by atoms with Crippen molar-refractivity contribution in [3.63, 3.8) is 0 Å². The Balaban J connectivity index is 1.74. The molecule has 5 nitrogen and oxygen atoms in total. The first kappa shape index (κ1) is 16.8. The number of methoxy groups -OCH3 is 1. The first-order valence-corrected chi connectivity index (χ1v) is 7.87. The van der Waals surface area contributed by atoms with Crippen molar-refractivity contribution in [2.75, 3.05) is 12.4 Å². The molecule has 1 heterocycles. The lowest BCUT2D eigenvalue weighted by atomic mass is 10.2. The number of hydrogen-bond donors (Lipinski definition) is 1. The van der Waals surface area contributed by atoms with Crippen LogP contribution < -0.4 is 14.8 Å². The largest absolute Gasteiger partial charge is 0.495 e. The Morgan fingerprint density at radius 2 is 1.96 bits per heavy atom. The number of nitrogens with one attached hydrogen (secondary N) is 1. The van der Waals surface area contributed by atoms with E-state index < -0.39 is 0 Å². The molecule has 126 valence electrons. The molecule has 0 atom stereocenters. The van der Waals surface area contributed by atoms with Crippen LogP contribution in [0.2, 0.25) is 5.02 Å². The molecule has 0 aliphatic rings. The van der Waals surface area contributed by atoms with Gasteiger partial charge in [0.15, 0.2) is 0 Å². The van der Waals surface area contributed by atoms with Crippen LogP contribution in [0.1, 0.15) is 10.4 Å². The van der Waals surface area contributed by atoms with E-state index in [9.17, 15) is 4.79 Å². The Morgan fingerprint density at radius 3 is 2.68 bits per heavy atom. The van der Waals surface area contributed by atoms with Crippen molar-refractivity contribution in [3.8, 4) is 17.4 Å². The highest BCUT2D eigenvalue weighted by Gasteiger charge is 2.09. The third kappa shape index (κ3) is 4.28. The number of anilines is 1. The molecule has 6 heteroatoms. The molecule has 1 aromatic heterocycles. The maximum atomic E-state index is 12.4. The number of hydrogen-bond acceptors (Lipinski definition) is 4. The molecule has 2 aromatic carbocycles. The lowest BCUT2D eigenvalue weighted by molar-refractivity contribution is 0.102. The van der Waals surface area contributed by atoms with Gasteiger partial charge in [-0.25, -0.2) is 4.98 Å². The van der Waals surface area contributed by atoms with E-state index >= 15 is 0 Å². The minimum atomic E-state index is -0.271. The van der Waals surface area contributed by atoms with E-state index in [4.69, 9.17) is 21.1 Å². The molecule has 25 heavy (non-hydrogen) atoms. The van der Waals surface area contributed by atoms with E-state index in [0.29, 0.717) is 33.7 Å². The summed E-state index contributed by atoms with van der Waals surface area (Å²) in [5.41, 5.74) is 1.03. The number of carbonyl (C=O) groups excluding carboxylic acids is 1. The van der Waals surface area contributed by atoms with Gasteiger partial charge in [0.1, 0.15) is 11.5 Å². The van der Waals surface area contributed by atoms with Crippen molar-refractivity contribution >= 4 is 23.2 Å². The zero-order valence-electron chi connectivity index (χ0n) is 13.4. The standard InChI is InChI=1S/C19H15ClN2O3/c1-24-17-9-8-14(12-16(17)20)22-19(23)13-5-4-6-15(11-13)25-18-7-2-3-10-21-18/h2-12H,1H3,(H,22,23). The highest BCUT2D eigenvalue weighted by molar-refractivity contribution is 6.32. The molecule has 0 spiro atoms. The minimum absolute atomic E-state index is 0.271. The third-order valence-electron chi connectivity index (χ3n) is 3.37. The molecule has 0 unspecified atom stereocenters. The molecule has 0 aliphatic carbocycles. The monoisotopic (exact) mass is 354 g/mol.